The highest BCUT2D eigenvalue weighted by atomic mass is 32.2. The first-order valence-corrected chi connectivity index (χ1v) is 10.2. The van der Waals surface area contributed by atoms with Gasteiger partial charge >= 0.3 is 0 Å². The van der Waals surface area contributed by atoms with Gasteiger partial charge in [0, 0.05) is 16.5 Å². The monoisotopic (exact) mass is 384 g/mol. The molecule has 1 amide bonds. The van der Waals surface area contributed by atoms with E-state index >= 15 is 0 Å². The van der Waals surface area contributed by atoms with Crippen LogP contribution in [0.15, 0.2) is 102 Å². The van der Waals surface area contributed by atoms with Gasteiger partial charge in [-0.2, -0.15) is 0 Å². The Balaban J connectivity index is 1.50. The van der Waals surface area contributed by atoms with Gasteiger partial charge in [-0.15, -0.1) is 11.8 Å². The van der Waals surface area contributed by atoms with Crippen LogP contribution in [0.1, 0.15) is 17.2 Å². The highest BCUT2D eigenvalue weighted by Crippen LogP contribution is 2.27. The Hall–Kier alpha value is -3.11. The van der Waals surface area contributed by atoms with E-state index in [1.807, 2.05) is 91.0 Å². The molecule has 4 heteroatoms. The summed E-state index contributed by atoms with van der Waals surface area (Å²) in [6, 6.07) is 30.0. The van der Waals surface area contributed by atoms with Gasteiger partial charge in [0.1, 0.15) is 0 Å². The second kappa shape index (κ2) is 8.72. The van der Waals surface area contributed by atoms with Crippen LogP contribution in [0.25, 0.3) is 10.9 Å². The minimum Gasteiger partial charge on any atom is -0.344 e. The summed E-state index contributed by atoms with van der Waals surface area (Å²) in [6.07, 6.45) is 1.79. The minimum atomic E-state index is -0.166. The summed E-state index contributed by atoms with van der Waals surface area (Å²) in [5, 5.41) is 4.27. The van der Waals surface area contributed by atoms with Gasteiger partial charge in [-0.05, 0) is 23.3 Å². The molecule has 1 heterocycles. The maximum Gasteiger partial charge on any atom is 0.231 e. The van der Waals surface area contributed by atoms with Crippen LogP contribution in [-0.2, 0) is 4.79 Å². The van der Waals surface area contributed by atoms with E-state index < -0.39 is 0 Å². The van der Waals surface area contributed by atoms with Crippen molar-refractivity contribution in [3.63, 3.8) is 0 Å². The lowest BCUT2D eigenvalue weighted by Crippen LogP contribution is -2.30. The van der Waals surface area contributed by atoms with Crippen LogP contribution < -0.4 is 5.32 Å². The Morgan fingerprint density at radius 1 is 0.821 bits per heavy atom. The number of para-hydroxylation sites is 1. The number of benzene rings is 3. The zero-order valence-electron chi connectivity index (χ0n) is 15.3. The summed E-state index contributed by atoms with van der Waals surface area (Å²) in [6.45, 7) is 0. The van der Waals surface area contributed by atoms with E-state index in [0.29, 0.717) is 5.75 Å². The molecule has 0 radical (unpaired) electrons. The second-order valence-electron chi connectivity index (χ2n) is 6.44. The zero-order valence-corrected chi connectivity index (χ0v) is 16.1. The zero-order chi connectivity index (χ0) is 19.2. The number of hydrogen-bond donors (Lipinski definition) is 1. The third kappa shape index (κ3) is 4.24. The van der Waals surface area contributed by atoms with Crippen molar-refractivity contribution in [3.8, 4) is 0 Å². The molecule has 4 aromatic rings. The molecule has 0 aliphatic rings. The van der Waals surface area contributed by atoms with Crippen LogP contribution in [0.5, 0.6) is 0 Å². The summed E-state index contributed by atoms with van der Waals surface area (Å²) >= 11 is 1.52. The molecule has 0 spiro atoms. The van der Waals surface area contributed by atoms with Crippen LogP contribution in [-0.4, -0.2) is 16.6 Å². The van der Waals surface area contributed by atoms with Crippen LogP contribution in [0.4, 0.5) is 0 Å². The molecular weight excluding hydrogens is 364 g/mol. The topological polar surface area (TPSA) is 42.0 Å². The Labute approximate surface area is 168 Å². The first-order chi connectivity index (χ1) is 13.8. The molecule has 0 fully saturated rings. The van der Waals surface area contributed by atoms with E-state index in [1.54, 1.807) is 6.20 Å². The van der Waals surface area contributed by atoms with Crippen molar-refractivity contribution in [1.82, 2.24) is 10.3 Å². The Kier molecular flexibility index (Phi) is 5.69. The number of aromatic nitrogens is 1. The number of thioether (sulfide) groups is 1. The average molecular weight is 385 g/mol. The maximum atomic E-state index is 12.8. The second-order valence-corrected chi connectivity index (χ2v) is 7.46. The van der Waals surface area contributed by atoms with Crippen molar-refractivity contribution < 1.29 is 4.79 Å². The molecule has 1 aromatic heterocycles. The summed E-state index contributed by atoms with van der Waals surface area (Å²) in [5.41, 5.74) is 3.07. The molecule has 0 aliphatic heterocycles. The SMILES string of the molecule is O=C(CSc1cccc2cccnc12)NC(c1ccccc1)c1ccccc1. The summed E-state index contributed by atoms with van der Waals surface area (Å²) in [4.78, 5) is 18.2. The van der Waals surface area contributed by atoms with Crippen LogP contribution >= 0.6 is 11.8 Å². The molecule has 0 atom stereocenters. The van der Waals surface area contributed by atoms with Crippen LogP contribution in [0, 0.1) is 0 Å². The van der Waals surface area contributed by atoms with Crippen molar-refractivity contribution in [2.45, 2.75) is 10.9 Å². The lowest BCUT2D eigenvalue weighted by atomic mass is 9.99. The Bertz CT molecular complexity index is 1020. The third-order valence-corrected chi connectivity index (χ3v) is 5.57. The molecule has 4 rings (SSSR count). The quantitative estimate of drug-likeness (QED) is 0.463. The molecule has 0 bridgehead atoms. The first kappa shape index (κ1) is 18.3. The smallest absolute Gasteiger partial charge is 0.231 e. The number of nitrogens with zero attached hydrogens (tertiary/aromatic N) is 1. The summed E-state index contributed by atoms with van der Waals surface area (Å²) in [7, 11) is 0. The highest BCUT2D eigenvalue weighted by Gasteiger charge is 2.17. The molecule has 138 valence electrons. The van der Waals surface area contributed by atoms with Gasteiger partial charge in [-0.3, -0.25) is 9.78 Å². The highest BCUT2D eigenvalue weighted by molar-refractivity contribution is 8.00. The number of carbonyl (C=O) groups excluding carboxylic acids is 1. The molecule has 3 nitrogen and oxygen atoms in total. The van der Waals surface area contributed by atoms with Crippen molar-refractivity contribution in [1.29, 1.82) is 0 Å². The molecule has 1 N–H and O–H groups in total. The fraction of sp³-hybridized carbons (Fsp3) is 0.0833. The minimum absolute atomic E-state index is 0.00404. The number of amides is 1. The van der Waals surface area contributed by atoms with Gasteiger partial charge in [0.2, 0.25) is 5.91 Å². The number of nitrogens with one attached hydrogen (secondary N) is 1. The van der Waals surface area contributed by atoms with Crippen molar-refractivity contribution in [2.75, 3.05) is 5.75 Å². The van der Waals surface area contributed by atoms with Crippen molar-refractivity contribution >= 4 is 28.6 Å². The molecule has 28 heavy (non-hydrogen) atoms. The van der Waals surface area contributed by atoms with Gasteiger partial charge in [0.25, 0.3) is 0 Å². The molecule has 0 saturated carbocycles. The van der Waals surface area contributed by atoms with Crippen LogP contribution in [0.2, 0.25) is 0 Å². The fourth-order valence-corrected chi connectivity index (χ4v) is 4.04. The summed E-state index contributed by atoms with van der Waals surface area (Å²) < 4.78 is 0. The number of pyridine rings is 1. The van der Waals surface area contributed by atoms with Gasteiger partial charge < -0.3 is 5.32 Å². The number of rotatable bonds is 6. The fourth-order valence-electron chi connectivity index (χ4n) is 3.19. The molecule has 0 aliphatic carbocycles. The Morgan fingerprint density at radius 3 is 2.14 bits per heavy atom. The maximum absolute atomic E-state index is 12.8. The first-order valence-electron chi connectivity index (χ1n) is 9.17. The van der Waals surface area contributed by atoms with Gasteiger partial charge in [0.05, 0.1) is 17.3 Å². The molecule has 0 unspecified atom stereocenters. The summed E-state index contributed by atoms with van der Waals surface area (Å²) in [5.74, 6) is 0.335. The average Bonchev–Trinajstić information content (AvgIpc) is 2.77. The van der Waals surface area contributed by atoms with E-state index in [9.17, 15) is 4.79 Å². The lowest BCUT2D eigenvalue weighted by Gasteiger charge is -2.20. The normalized spacial score (nSPS) is 10.9. The molecule has 3 aromatic carbocycles. The standard InChI is InChI=1S/C24H20N2OS/c27-22(17-28-21-15-7-13-20-14-8-16-25-24(20)21)26-23(18-9-3-1-4-10-18)19-11-5-2-6-12-19/h1-16,23H,17H2,(H,26,27). The van der Waals surface area contributed by atoms with Gasteiger partial charge in [0.15, 0.2) is 0 Å². The Morgan fingerprint density at radius 2 is 1.46 bits per heavy atom. The lowest BCUT2D eigenvalue weighted by molar-refractivity contribution is -0.119. The van der Waals surface area contributed by atoms with E-state index in [-0.39, 0.29) is 11.9 Å². The van der Waals surface area contributed by atoms with E-state index in [4.69, 9.17) is 0 Å². The van der Waals surface area contributed by atoms with E-state index in [0.717, 1.165) is 26.9 Å². The number of hydrogen-bond acceptors (Lipinski definition) is 3. The van der Waals surface area contributed by atoms with Gasteiger partial charge in [-0.25, -0.2) is 0 Å². The molecular formula is C24H20N2OS. The van der Waals surface area contributed by atoms with E-state index in [2.05, 4.69) is 10.3 Å². The van der Waals surface area contributed by atoms with Gasteiger partial charge in [-0.1, -0.05) is 78.9 Å². The van der Waals surface area contributed by atoms with Crippen molar-refractivity contribution in [2.24, 2.45) is 0 Å². The molecule has 0 saturated heterocycles. The van der Waals surface area contributed by atoms with Crippen molar-refractivity contribution in [3.05, 3.63) is 108 Å². The number of fused-ring (bicyclic) bond motifs is 1. The third-order valence-electron chi connectivity index (χ3n) is 4.53. The predicted octanol–water partition coefficient (Wildman–Crippen LogP) is 5.23. The van der Waals surface area contributed by atoms with Crippen LogP contribution in [0.3, 0.4) is 0 Å². The number of carbonyl (C=O) groups is 1. The van der Waals surface area contributed by atoms with E-state index in [1.165, 1.54) is 11.8 Å². The largest absolute Gasteiger partial charge is 0.344 e. The predicted molar refractivity (Wildman–Crippen MR) is 115 cm³/mol.